The summed E-state index contributed by atoms with van der Waals surface area (Å²) in [6, 6.07) is 7.23. The monoisotopic (exact) mass is 248 g/mol. The number of hydrogen-bond acceptors (Lipinski definition) is 4. The molecule has 2 atom stereocenters. The molecule has 0 saturated carbocycles. The Bertz CT molecular complexity index is 416. The van der Waals surface area contributed by atoms with Gasteiger partial charge in [-0.3, -0.25) is 0 Å². The van der Waals surface area contributed by atoms with Crippen LogP contribution in [0.3, 0.4) is 0 Å². The highest BCUT2D eigenvalue weighted by atomic mass is 16.7. The zero-order valence-corrected chi connectivity index (χ0v) is 10.7. The maximum Gasteiger partial charge on any atom is 0.231 e. The van der Waals surface area contributed by atoms with Crippen LogP contribution in [0, 0.1) is 0 Å². The third kappa shape index (κ3) is 2.31. The van der Waals surface area contributed by atoms with Crippen LogP contribution in [0.1, 0.15) is 30.9 Å². The Morgan fingerprint density at radius 3 is 3.06 bits per heavy atom. The lowest BCUT2D eigenvalue weighted by Crippen LogP contribution is -2.28. The van der Waals surface area contributed by atoms with E-state index in [1.165, 1.54) is 18.4 Å². The van der Waals surface area contributed by atoms with Crippen molar-refractivity contribution in [1.82, 2.24) is 10.6 Å². The molecule has 0 spiro atoms. The zero-order chi connectivity index (χ0) is 12.4. The number of nitrogens with one attached hydrogen (secondary N) is 2. The van der Waals surface area contributed by atoms with Gasteiger partial charge in [0.1, 0.15) is 0 Å². The summed E-state index contributed by atoms with van der Waals surface area (Å²) in [7, 11) is 2.02. The van der Waals surface area contributed by atoms with Crippen molar-refractivity contribution in [3.05, 3.63) is 23.8 Å². The maximum atomic E-state index is 5.44. The quantitative estimate of drug-likeness (QED) is 0.853. The Morgan fingerprint density at radius 1 is 1.39 bits per heavy atom. The molecule has 2 aliphatic rings. The van der Waals surface area contributed by atoms with Crippen LogP contribution in [-0.4, -0.2) is 26.4 Å². The van der Waals surface area contributed by atoms with Crippen LogP contribution in [0.5, 0.6) is 11.5 Å². The van der Waals surface area contributed by atoms with E-state index >= 15 is 0 Å². The lowest BCUT2D eigenvalue weighted by molar-refractivity contribution is 0.174. The third-order valence-electron chi connectivity index (χ3n) is 3.83. The molecule has 1 aromatic rings. The molecule has 0 aliphatic carbocycles. The van der Waals surface area contributed by atoms with E-state index in [1.54, 1.807) is 0 Å². The van der Waals surface area contributed by atoms with Gasteiger partial charge in [0.15, 0.2) is 11.5 Å². The minimum Gasteiger partial charge on any atom is -0.454 e. The lowest BCUT2D eigenvalue weighted by Gasteiger charge is -2.21. The molecule has 2 aliphatic heterocycles. The van der Waals surface area contributed by atoms with Crippen molar-refractivity contribution in [2.75, 3.05) is 20.4 Å². The van der Waals surface area contributed by atoms with Gasteiger partial charge in [-0.25, -0.2) is 0 Å². The van der Waals surface area contributed by atoms with Crippen LogP contribution < -0.4 is 20.1 Å². The minimum atomic E-state index is 0.340. The van der Waals surface area contributed by atoms with Gasteiger partial charge in [-0.15, -0.1) is 0 Å². The van der Waals surface area contributed by atoms with Gasteiger partial charge in [-0.05, 0) is 50.6 Å². The molecule has 2 heterocycles. The second-order valence-corrected chi connectivity index (χ2v) is 4.98. The van der Waals surface area contributed by atoms with Crippen LogP contribution in [0.15, 0.2) is 18.2 Å². The fraction of sp³-hybridized carbons (Fsp3) is 0.571. The van der Waals surface area contributed by atoms with Gasteiger partial charge in [-0.2, -0.15) is 0 Å². The van der Waals surface area contributed by atoms with Crippen molar-refractivity contribution in [2.45, 2.75) is 31.3 Å². The van der Waals surface area contributed by atoms with Crippen molar-refractivity contribution in [2.24, 2.45) is 0 Å². The van der Waals surface area contributed by atoms with Gasteiger partial charge in [0.2, 0.25) is 6.79 Å². The molecule has 18 heavy (non-hydrogen) atoms. The molecule has 0 bridgehead atoms. The Kier molecular flexibility index (Phi) is 3.39. The van der Waals surface area contributed by atoms with Crippen molar-refractivity contribution in [1.29, 1.82) is 0 Å². The Morgan fingerprint density at radius 2 is 2.28 bits per heavy atom. The summed E-state index contributed by atoms with van der Waals surface area (Å²) >= 11 is 0. The number of hydrogen-bond donors (Lipinski definition) is 2. The summed E-state index contributed by atoms with van der Waals surface area (Å²) in [5.74, 6) is 1.72. The fourth-order valence-corrected chi connectivity index (χ4v) is 2.79. The van der Waals surface area contributed by atoms with Crippen LogP contribution >= 0.6 is 0 Å². The number of ether oxygens (including phenoxy) is 2. The first-order valence-corrected chi connectivity index (χ1v) is 6.67. The van der Waals surface area contributed by atoms with Crippen LogP contribution in [0.25, 0.3) is 0 Å². The molecule has 4 heteroatoms. The first kappa shape index (κ1) is 11.8. The van der Waals surface area contributed by atoms with Crippen molar-refractivity contribution in [3.63, 3.8) is 0 Å². The van der Waals surface area contributed by atoms with Crippen molar-refractivity contribution in [3.8, 4) is 11.5 Å². The molecule has 2 N–H and O–H groups in total. The van der Waals surface area contributed by atoms with E-state index in [-0.39, 0.29) is 0 Å². The smallest absolute Gasteiger partial charge is 0.231 e. The van der Waals surface area contributed by atoms with Crippen LogP contribution in [-0.2, 0) is 0 Å². The standard InChI is InChI=1S/C14H20N2O2/c1-15-12(8-11-3-2-6-16-11)10-4-5-13-14(7-10)18-9-17-13/h4-5,7,11-12,15-16H,2-3,6,8-9H2,1H3. The first-order chi connectivity index (χ1) is 8.86. The highest BCUT2D eigenvalue weighted by molar-refractivity contribution is 5.45. The summed E-state index contributed by atoms with van der Waals surface area (Å²) in [6.07, 6.45) is 3.70. The molecule has 3 rings (SSSR count). The van der Waals surface area contributed by atoms with Gasteiger partial charge in [-0.1, -0.05) is 6.07 Å². The lowest BCUT2D eigenvalue weighted by atomic mass is 9.98. The highest BCUT2D eigenvalue weighted by Crippen LogP contribution is 2.35. The molecule has 2 unspecified atom stereocenters. The molecule has 98 valence electrons. The van der Waals surface area contributed by atoms with Gasteiger partial charge < -0.3 is 20.1 Å². The molecule has 0 aromatic heterocycles. The Labute approximate surface area is 108 Å². The first-order valence-electron chi connectivity index (χ1n) is 6.67. The van der Waals surface area contributed by atoms with E-state index in [0.717, 1.165) is 24.5 Å². The summed E-state index contributed by atoms with van der Waals surface area (Å²) in [6.45, 7) is 1.50. The number of rotatable bonds is 4. The SMILES string of the molecule is CNC(CC1CCCN1)c1ccc2c(c1)OCO2. The molecule has 0 amide bonds. The van der Waals surface area contributed by atoms with Gasteiger partial charge in [0, 0.05) is 12.1 Å². The average Bonchev–Trinajstić information content (AvgIpc) is 3.06. The van der Waals surface area contributed by atoms with Crippen molar-refractivity contribution >= 4 is 0 Å². The number of fused-ring (bicyclic) bond motifs is 1. The minimum absolute atomic E-state index is 0.340. The highest BCUT2D eigenvalue weighted by Gasteiger charge is 2.22. The zero-order valence-electron chi connectivity index (χ0n) is 10.7. The summed E-state index contributed by atoms with van der Waals surface area (Å²) in [5.41, 5.74) is 1.27. The predicted molar refractivity (Wildman–Crippen MR) is 70.0 cm³/mol. The Hall–Kier alpha value is -1.26. The summed E-state index contributed by atoms with van der Waals surface area (Å²) in [4.78, 5) is 0. The second kappa shape index (κ2) is 5.16. The third-order valence-corrected chi connectivity index (χ3v) is 3.83. The number of benzene rings is 1. The Balaban J connectivity index is 1.74. The molecule has 4 nitrogen and oxygen atoms in total. The predicted octanol–water partition coefficient (Wildman–Crippen LogP) is 1.82. The van der Waals surface area contributed by atoms with Crippen molar-refractivity contribution < 1.29 is 9.47 Å². The van der Waals surface area contributed by atoms with Crippen LogP contribution in [0.4, 0.5) is 0 Å². The van der Waals surface area contributed by atoms with Gasteiger partial charge >= 0.3 is 0 Å². The van der Waals surface area contributed by atoms with Gasteiger partial charge in [0.25, 0.3) is 0 Å². The fourth-order valence-electron chi connectivity index (χ4n) is 2.79. The molecule has 1 saturated heterocycles. The van der Waals surface area contributed by atoms with E-state index < -0.39 is 0 Å². The maximum absolute atomic E-state index is 5.44. The molecule has 1 aromatic carbocycles. The summed E-state index contributed by atoms with van der Waals surface area (Å²) < 4.78 is 10.8. The second-order valence-electron chi connectivity index (χ2n) is 4.98. The van der Waals surface area contributed by atoms with Gasteiger partial charge in [0.05, 0.1) is 0 Å². The van der Waals surface area contributed by atoms with E-state index in [2.05, 4.69) is 22.8 Å². The molecular weight excluding hydrogens is 228 g/mol. The molecular formula is C14H20N2O2. The topological polar surface area (TPSA) is 42.5 Å². The van der Waals surface area contributed by atoms with E-state index in [4.69, 9.17) is 9.47 Å². The largest absolute Gasteiger partial charge is 0.454 e. The summed E-state index contributed by atoms with van der Waals surface area (Å²) in [5, 5.41) is 6.95. The van der Waals surface area contributed by atoms with E-state index in [9.17, 15) is 0 Å². The molecule has 1 fully saturated rings. The normalized spacial score (nSPS) is 23.3. The van der Waals surface area contributed by atoms with Crippen LogP contribution in [0.2, 0.25) is 0 Å². The van der Waals surface area contributed by atoms with E-state index in [0.29, 0.717) is 18.9 Å². The average molecular weight is 248 g/mol. The van der Waals surface area contributed by atoms with E-state index in [1.807, 2.05) is 13.1 Å². The molecule has 0 radical (unpaired) electrons.